The Hall–Kier alpha value is -1.62. The molecular weight excluding hydrogens is 238 g/mol. The van der Waals surface area contributed by atoms with E-state index in [1.165, 1.54) is 11.9 Å². The molecule has 2 rings (SSSR count). The standard InChI is InChI=1S/C12H11NO3S/c1-7-5-3-4-6-8(7)10(14)13(2)9-11(15)17-12(9)16/h3-6,9H,1-2H3. The molecule has 1 aliphatic heterocycles. The van der Waals surface area contributed by atoms with Gasteiger partial charge in [0.15, 0.2) is 6.04 Å². The Bertz CT molecular complexity index is 498. The van der Waals surface area contributed by atoms with Crippen molar-refractivity contribution in [2.24, 2.45) is 0 Å². The van der Waals surface area contributed by atoms with Gasteiger partial charge < -0.3 is 4.90 Å². The Balaban J connectivity index is 2.24. The van der Waals surface area contributed by atoms with E-state index in [4.69, 9.17) is 0 Å². The van der Waals surface area contributed by atoms with Gasteiger partial charge in [0.05, 0.1) is 0 Å². The Morgan fingerprint density at radius 3 is 2.35 bits per heavy atom. The van der Waals surface area contributed by atoms with Crippen LogP contribution >= 0.6 is 11.8 Å². The molecule has 88 valence electrons. The number of benzene rings is 1. The van der Waals surface area contributed by atoms with Gasteiger partial charge in [0.25, 0.3) is 5.91 Å². The van der Waals surface area contributed by atoms with Crippen molar-refractivity contribution < 1.29 is 14.4 Å². The molecule has 17 heavy (non-hydrogen) atoms. The van der Waals surface area contributed by atoms with Gasteiger partial charge in [-0.1, -0.05) is 18.2 Å². The zero-order chi connectivity index (χ0) is 12.6. The molecule has 4 nitrogen and oxygen atoms in total. The molecule has 0 bridgehead atoms. The van der Waals surface area contributed by atoms with E-state index in [0.717, 1.165) is 5.56 Å². The number of nitrogens with zero attached hydrogens (tertiary/aromatic N) is 1. The van der Waals surface area contributed by atoms with Crippen molar-refractivity contribution >= 4 is 27.9 Å². The summed E-state index contributed by atoms with van der Waals surface area (Å²) in [5.41, 5.74) is 1.35. The highest BCUT2D eigenvalue weighted by Gasteiger charge is 2.44. The second-order valence-electron chi connectivity index (χ2n) is 3.87. The van der Waals surface area contributed by atoms with Crippen molar-refractivity contribution in [3.63, 3.8) is 0 Å². The van der Waals surface area contributed by atoms with Crippen molar-refractivity contribution in [2.45, 2.75) is 13.0 Å². The molecule has 0 atom stereocenters. The van der Waals surface area contributed by atoms with E-state index in [2.05, 4.69) is 0 Å². The van der Waals surface area contributed by atoms with Crippen LogP contribution in [0.3, 0.4) is 0 Å². The normalized spacial score (nSPS) is 15.6. The van der Waals surface area contributed by atoms with Crippen molar-refractivity contribution in [1.29, 1.82) is 0 Å². The van der Waals surface area contributed by atoms with E-state index in [9.17, 15) is 14.4 Å². The Kier molecular flexibility index (Phi) is 3.02. The van der Waals surface area contributed by atoms with Crippen LogP contribution in [0.5, 0.6) is 0 Å². The minimum atomic E-state index is -0.910. The number of hydrogen-bond donors (Lipinski definition) is 0. The number of rotatable bonds is 2. The first-order valence-corrected chi connectivity index (χ1v) is 5.92. The van der Waals surface area contributed by atoms with Crippen molar-refractivity contribution in [1.82, 2.24) is 4.90 Å². The average molecular weight is 249 g/mol. The largest absolute Gasteiger partial charge is 0.323 e. The zero-order valence-electron chi connectivity index (χ0n) is 9.47. The average Bonchev–Trinajstić information content (AvgIpc) is 2.28. The third kappa shape index (κ3) is 1.98. The van der Waals surface area contributed by atoms with Gasteiger partial charge in [-0.15, -0.1) is 0 Å². The maximum absolute atomic E-state index is 12.1. The lowest BCUT2D eigenvalue weighted by molar-refractivity contribution is -0.127. The maximum atomic E-state index is 12.1. The first kappa shape index (κ1) is 11.9. The van der Waals surface area contributed by atoms with Gasteiger partial charge >= 0.3 is 0 Å². The summed E-state index contributed by atoms with van der Waals surface area (Å²) in [4.78, 5) is 35.8. The molecule has 1 aromatic rings. The Morgan fingerprint density at radius 1 is 1.24 bits per heavy atom. The van der Waals surface area contributed by atoms with Crippen molar-refractivity contribution in [3.05, 3.63) is 35.4 Å². The van der Waals surface area contributed by atoms with Crippen LogP contribution in [-0.2, 0) is 9.59 Å². The van der Waals surface area contributed by atoms with Gasteiger partial charge in [0.2, 0.25) is 10.2 Å². The number of carbonyl (C=O) groups is 3. The number of carbonyl (C=O) groups excluding carboxylic acids is 3. The molecule has 0 radical (unpaired) electrons. The second-order valence-corrected chi connectivity index (χ2v) is 4.88. The van der Waals surface area contributed by atoms with Crippen LogP contribution < -0.4 is 0 Å². The summed E-state index contributed by atoms with van der Waals surface area (Å²) in [5.74, 6) is -0.296. The highest BCUT2D eigenvalue weighted by Crippen LogP contribution is 2.28. The second kappa shape index (κ2) is 4.33. The molecule has 1 amide bonds. The van der Waals surface area contributed by atoms with E-state index < -0.39 is 6.04 Å². The van der Waals surface area contributed by atoms with Gasteiger partial charge in [-0.05, 0) is 30.3 Å². The Labute approximate surface area is 103 Å². The summed E-state index contributed by atoms with van der Waals surface area (Å²) in [5, 5.41) is -0.529. The lowest BCUT2D eigenvalue weighted by Crippen LogP contribution is -2.52. The van der Waals surface area contributed by atoms with Crippen LogP contribution in [0.1, 0.15) is 15.9 Å². The molecule has 1 aliphatic rings. The third-order valence-corrected chi connectivity index (χ3v) is 3.58. The minimum Gasteiger partial charge on any atom is -0.323 e. The lowest BCUT2D eigenvalue weighted by atomic mass is 10.1. The van der Waals surface area contributed by atoms with Crippen LogP contribution in [0.25, 0.3) is 0 Å². The summed E-state index contributed by atoms with van der Waals surface area (Å²) >= 11 is 0.665. The van der Waals surface area contributed by atoms with E-state index in [1.54, 1.807) is 12.1 Å². The van der Waals surface area contributed by atoms with Crippen LogP contribution in [0.15, 0.2) is 24.3 Å². The quantitative estimate of drug-likeness (QED) is 0.740. The first-order chi connectivity index (χ1) is 8.02. The van der Waals surface area contributed by atoms with Crippen LogP contribution in [0.2, 0.25) is 0 Å². The summed E-state index contributed by atoms with van der Waals surface area (Å²) < 4.78 is 0. The molecule has 5 heteroatoms. The first-order valence-electron chi connectivity index (χ1n) is 5.10. The van der Waals surface area contributed by atoms with Crippen LogP contribution in [-0.4, -0.2) is 34.1 Å². The van der Waals surface area contributed by atoms with Gasteiger partial charge in [-0.25, -0.2) is 0 Å². The van der Waals surface area contributed by atoms with E-state index in [-0.39, 0.29) is 16.1 Å². The zero-order valence-corrected chi connectivity index (χ0v) is 10.3. The smallest absolute Gasteiger partial charge is 0.254 e. The number of aryl methyl sites for hydroxylation is 1. The molecule has 0 aliphatic carbocycles. The van der Waals surface area contributed by atoms with Gasteiger partial charge in [-0.2, -0.15) is 0 Å². The molecule has 0 unspecified atom stereocenters. The van der Waals surface area contributed by atoms with Crippen molar-refractivity contribution in [2.75, 3.05) is 7.05 Å². The molecule has 0 aromatic heterocycles. The molecule has 1 heterocycles. The monoisotopic (exact) mass is 249 g/mol. The SMILES string of the molecule is Cc1ccccc1C(=O)N(C)C1C(=O)SC1=O. The molecule has 1 fully saturated rings. The fraction of sp³-hybridized carbons (Fsp3) is 0.250. The van der Waals surface area contributed by atoms with Crippen LogP contribution in [0.4, 0.5) is 0 Å². The fourth-order valence-electron chi connectivity index (χ4n) is 1.69. The summed E-state index contributed by atoms with van der Waals surface area (Å²) in [6.45, 7) is 1.82. The fourth-order valence-corrected chi connectivity index (χ4v) is 2.45. The Morgan fingerprint density at radius 2 is 1.82 bits per heavy atom. The molecule has 0 spiro atoms. The third-order valence-electron chi connectivity index (χ3n) is 2.73. The van der Waals surface area contributed by atoms with Crippen molar-refractivity contribution in [3.8, 4) is 0 Å². The van der Waals surface area contributed by atoms with E-state index in [0.29, 0.717) is 17.3 Å². The van der Waals surface area contributed by atoms with Gasteiger partial charge in [-0.3, -0.25) is 14.4 Å². The number of hydrogen-bond acceptors (Lipinski definition) is 4. The number of thioether (sulfide) groups is 1. The highest BCUT2D eigenvalue weighted by molar-refractivity contribution is 8.29. The topological polar surface area (TPSA) is 54.5 Å². The summed E-state index contributed by atoms with van der Waals surface area (Å²) in [7, 11) is 1.48. The summed E-state index contributed by atoms with van der Waals surface area (Å²) in [6.07, 6.45) is 0. The van der Waals surface area contributed by atoms with Crippen LogP contribution in [0, 0.1) is 6.92 Å². The predicted octanol–water partition coefficient (Wildman–Crippen LogP) is 1.24. The minimum absolute atomic E-state index is 0.264. The highest BCUT2D eigenvalue weighted by atomic mass is 32.2. The number of likely N-dealkylation sites (N-methyl/N-ethyl adjacent to an activating group) is 1. The molecule has 0 saturated carbocycles. The lowest BCUT2D eigenvalue weighted by Gasteiger charge is -2.30. The molecule has 1 saturated heterocycles. The van der Waals surface area contributed by atoms with E-state index in [1.807, 2.05) is 19.1 Å². The molecule has 1 aromatic carbocycles. The summed E-state index contributed by atoms with van der Waals surface area (Å²) in [6, 6.07) is 6.19. The molecule has 0 N–H and O–H groups in total. The number of amides is 1. The van der Waals surface area contributed by atoms with Gasteiger partial charge in [0, 0.05) is 12.6 Å². The maximum Gasteiger partial charge on any atom is 0.254 e. The molecular formula is C12H11NO3S. The predicted molar refractivity (Wildman–Crippen MR) is 64.7 cm³/mol. The van der Waals surface area contributed by atoms with Gasteiger partial charge in [0.1, 0.15) is 0 Å². The van der Waals surface area contributed by atoms with E-state index >= 15 is 0 Å².